The standard InChI is InChI=1S/C27H30N2O8S/c1-6-14-37-21-9-7-8-19(15-21)28-27(30)18-29(23-16-20(33-2)10-12-24(23)34-3)38(31,32)22-11-13-25(35-4)26(17-22)36-5/h6-13,15-17H,1,14,18H2,2-5H3,(H,28,30). The largest absolute Gasteiger partial charge is 0.497 e. The number of nitrogens with one attached hydrogen (secondary N) is 1. The number of methoxy groups -OCH3 is 4. The van der Waals surface area contributed by atoms with E-state index in [-0.39, 0.29) is 22.1 Å². The van der Waals surface area contributed by atoms with E-state index in [9.17, 15) is 13.2 Å². The van der Waals surface area contributed by atoms with Crippen molar-refractivity contribution in [3.8, 4) is 28.7 Å². The first kappa shape index (κ1) is 28.2. The molecule has 0 radical (unpaired) electrons. The summed E-state index contributed by atoms with van der Waals surface area (Å²) in [5.74, 6) is 1.09. The summed E-state index contributed by atoms with van der Waals surface area (Å²) in [5.41, 5.74) is 0.539. The second-order valence-corrected chi connectivity index (χ2v) is 9.60. The molecule has 3 aromatic carbocycles. The molecule has 0 fully saturated rings. The minimum absolute atomic E-state index is 0.111. The van der Waals surface area contributed by atoms with E-state index in [1.807, 2.05) is 0 Å². The van der Waals surface area contributed by atoms with Gasteiger partial charge in [0.05, 0.1) is 39.0 Å². The molecule has 0 unspecified atom stereocenters. The molecule has 10 nitrogen and oxygen atoms in total. The normalized spacial score (nSPS) is 10.7. The van der Waals surface area contributed by atoms with E-state index in [1.165, 1.54) is 52.7 Å². The first-order chi connectivity index (χ1) is 18.3. The fourth-order valence-electron chi connectivity index (χ4n) is 3.55. The van der Waals surface area contributed by atoms with Gasteiger partial charge in [0.2, 0.25) is 5.91 Å². The molecular formula is C27H30N2O8S. The topological polar surface area (TPSA) is 113 Å². The Morgan fingerprint density at radius 1 is 0.868 bits per heavy atom. The molecule has 0 aliphatic heterocycles. The maximum absolute atomic E-state index is 14.0. The van der Waals surface area contributed by atoms with Gasteiger partial charge in [0.15, 0.2) is 11.5 Å². The number of carbonyl (C=O) groups excluding carboxylic acids is 1. The second-order valence-electron chi connectivity index (χ2n) is 7.74. The van der Waals surface area contributed by atoms with Gasteiger partial charge in [-0.05, 0) is 36.4 Å². The molecule has 0 heterocycles. The predicted molar refractivity (Wildman–Crippen MR) is 144 cm³/mol. The van der Waals surface area contributed by atoms with E-state index in [0.29, 0.717) is 29.5 Å². The molecule has 11 heteroatoms. The first-order valence-corrected chi connectivity index (χ1v) is 12.8. The molecule has 0 bridgehead atoms. The minimum atomic E-state index is -4.31. The summed E-state index contributed by atoms with van der Waals surface area (Å²) in [7, 11) is 1.39. The van der Waals surface area contributed by atoms with Gasteiger partial charge < -0.3 is 29.0 Å². The fraction of sp³-hybridized carbons (Fsp3) is 0.222. The van der Waals surface area contributed by atoms with Crippen LogP contribution in [0.4, 0.5) is 11.4 Å². The molecule has 3 aromatic rings. The van der Waals surface area contributed by atoms with Gasteiger partial charge in [-0.3, -0.25) is 9.10 Å². The van der Waals surface area contributed by atoms with Gasteiger partial charge in [0, 0.05) is 23.9 Å². The van der Waals surface area contributed by atoms with Crippen LogP contribution in [-0.2, 0) is 14.8 Å². The Morgan fingerprint density at radius 2 is 1.58 bits per heavy atom. The van der Waals surface area contributed by atoms with Crippen molar-refractivity contribution in [3.63, 3.8) is 0 Å². The third kappa shape index (κ3) is 6.48. The number of benzene rings is 3. The van der Waals surface area contributed by atoms with Gasteiger partial charge in [-0.25, -0.2) is 8.42 Å². The highest BCUT2D eigenvalue weighted by Gasteiger charge is 2.31. The Labute approximate surface area is 222 Å². The van der Waals surface area contributed by atoms with Gasteiger partial charge in [-0.2, -0.15) is 0 Å². The number of anilines is 2. The molecular weight excluding hydrogens is 512 g/mol. The van der Waals surface area contributed by atoms with E-state index >= 15 is 0 Å². The van der Waals surface area contributed by atoms with Crippen molar-refractivity contribution >= 4 is 27.3 Å². The smallest absolute Gasteiger partial charge is 0.265 e. The highest BCUT2D eigenvalue weighted by molar-refractivity contribution is 7.92. The third-order valence-corrected chi connectivity index (χ3v) is 7.13. The molecule has 0 saturated carbocycles. The van der Waals surface area contributed by atoms with Crippen molar-refractivity contribution in [2.24, 2.45) is 0 Å². The second kappa shape index (κ2) is 12.7. The molecule has 1 N–H and O–H groups in total. The van der Waals surface area contributed by atoms with Crippen LogP contribution >= 0.6 is 0 Å². The average Bonchev–Trinajstić information content (AvgIpc) is 2.94. The summed E-state index contributed by atoms with van der Waals surface area (Å²) in [6.07, 6.45) is 1.60. The average molecular weight is 543 g/mol. The molecule has 0 aliphatic rings. The molecule has 38 heavy (non-hydrogen) atoms. The maximum Gasteiger partial charge on any atom is 0.265 e. The van der Waals surface area contributed by atoms with Gasteiger partial charge in [-0.1, -0.05) is 18.7 Å². The Kier molecular flexibility index (Phi) is 9.44. The maximum atomic E-state index is 14.0. The van der Waals surface area contributed by atoms with E-state index in [4.69, 9.17) is 23.7 Å². The van der Waals surface area contributed by atoms with Crippen molar-refractivity contribution < 1.29 is 36.9 Å². The quantitative estimate of drug-likeness (QED) is 0.321. The summed E-state index contributed by atoms with van der Waals surface area (Å²) in [6.45, 7) is 3.34. The summed E-state index contributed by atoms with van der Waals surface area (Å²) >= 11 is 0. The Hall–Kier alpha value is -4.38. The van der Waals surface area contributed by atoms with Gasteiger partial charge in [-0.15, -0.1) is 0 Å². The highest BCUT2D eigenvalue weighted by atomic mass is 32.2. The molecule has 1 amide bonds. The first-order valence-electron chi connectivity index (χ1n) is 11.4. The zero-order valence-corrected chi connectivity index (χ0v) is 22.4. The van der Waals surface area contributed by atoms with Crippen LogP contribution in [0.25, 0.3) is 0 Å². The summed E-state index contributed by atoms with van der Waals surface area (Å²) in [5, 5.41) is 2.72. The van der Waals surface area contributed by atoms with Crippen LogP contribution < -0.4 is 33.3 Å². The van der Waals surface area contributed by atoms with Crippen molar-refractivity contribution in [1.29, 1.82) is 0 Å². The van der Waals surface area contributed by atoms with Crippen molar-refractivity contribution in [2.45, 2.75) is 4.90 Å². The predicted octanol–water partition coefficient (Wildman–Crippen LogP) is 4.12. The van der Waals surface area contributed by atoms with E-state index in [0.717, 1.165) is 4.31 Å². The number of amides is 1. The van der Waals surface area contributed by atoms with Crippen LogP contribution in [0.3, 0.4) is 0 Å². The van der Waals surface area contributed by atoms with Crippen molar-refractivity contribution in [2.75, 3.05) is 51.2 Å². The van der Waals surface area contributed by atoms with Crippen LogP contribution in [0.5, 0.6) is 28.7 Å². The third-order valence-electron chi connectivity index (χ3n) is 5.37. The highest BCUT2D eigenvalue weighted by Crippen LogP contribution is 2.37. The molecule has 202 valence electrons. The molecule has 0 aromatic heterocycles. The zero-order valence-electron chi connectivity index (χ0n) is 21.6. The molecule has 3 rings (SSSR count). The summed E-state index contributed by atoms with van der Waals surface area (Å²) in [4.78, 5) is 13.1. The Bertz CT molecular complexity index is 1390. The molecule has 0 spiro atoms. The van der Waals surface area contributed by atoms with Crippen LogP contribution in [0.1, 0.15) is 0 Å². The van der Waals surface area contributed by atoms with Gasteiger partial charge >= 0.3 is 0 Å². The monoisotopic (exact) mass is 542 g/mol. The van der Waals surface area contributed by atoms with Gasteiger partial charge in [0.1, 0.15) is 30.4 Å². The number of hydrogen-bond donors (Lipinski definition) is 1. The lowest BCUT2D eigenvalue weighted by Crippen LogP contribution is -2.38. The minimum Gasteiger partial charge on any atom is -0.497 e. The SMILES string of the molecule is C=CCOc1cccc(NC(=O)CN(c2cc(OC)ccc2OC)S(=O)(=O)c2ccc(OC)c(OC)c2)c1. The Morgan fingerprint density at radius 3 is 2.24 bits per heavy atom. The molecule has 0 saturated heterocycles. The summed E-state index contributed by atoms with van der Waals surface area (Å²) in [6, 6.07) is 15.6. The number of nitrogens with zero attached hydrogens (tertiary/aromatic N) is 1. The number of ether oxygens (including phenoxy) is 5. The fourth-order valence-corrected chi connectivity index (χ4v) is 4.98. The van der Waals surface area contributed by atoms with Crippen LogP contribution in [0.15, 0.2) is 78.2 Å². The lowest BCUT2D eigenvalue weighted by Gasteiger charge is -2.26. The Balaban J connectivity index is 2.04. The van der Waals surface area contributed by atoms with Crippen molar-refractivity contribution in [1.82, 2.24) is 0 Å². The van der Waals surface area contributed by atoms with Crippen molar-refractivity contribution in [3.05, 3.63) is 73.3 Å². The van der Waals surface area contributed by atoms with Crippen LogP contribution in [0, 0.1) is 0 Å². The number of carbonyl (C=O) groups is 1. The molecule has 0 aliphatic carbocycles. The number of sulfonamides is 1. The summed E-state index contributed by atoms with van der Waals surface area (Å²) < 4.78 is 55.6. The van der Waals surface area contributed by atoms with E-state index in [1.54, 1.807) is 42.5 Å². The lowest BCUT2D eigenvalue weighted by molar-refractivity contribution is -0.114. The van der Waals surface area contributed by atoms with Crippen LogP contribution in [0.2, 0.25) is 0 Å². The lowest BCUT2D eigenvalue weighted by atomic mass is 10.2. The molecule has 0 atom stereocenters. The zero-order chi connectivity index (χ0) is 27.7. The van der Waals surface area contributed by atoms with E-state index < -0.39 is 22.5 Å². The van der Waals surface area contributed by atoms with Gasteiger partial charge in [0.25, 0.3) is 10.0 Å². The number of hydrogen-bond acceptors (Lipinski definition) is 8. The number of rotatable bonds is 13. The van der Waals surface area contributed by atoms with E-state index in [2.05, 4.69) is 11.9 Å². The van der Waals surface area contributed by atoms with Crippen LogP contribution in [-0.4, -0.2) is 55.9 Å².